The van der Waals surface area contributed by atoms with Crippen molar-refractivity contribution in [1.29, 1.82) is 0 Å². The van der Waals surface area contributed by atoms with Crippen LogP contribution >= 0.6 is 11.8 Å². The molecule has 0 saturated carbocycles. The van der Waals surface area contributed by atoms with E-state index in [2.05, 4.69) is 21.4 Å². The second-order valence-electron chi connectivity index (χ2n) is 5.96. The molecule has 3 heterocycles. The summed E-state index contributed by atoms with van der Waals surface area (Å²) < 4.78 is 13.3. The number of pyridine rings is 1. The minimum atomic E-state index is -0.275. The molecule has 4 rings (SSSR count). The van der Waals surface area contributed by atoms with Crippen molar-refractivity contribution in [2.75, 3.05) is 0 Å². The van der Waals surface area contributed by atoms with E-state index in [4.69, 9.17) is 0 Å². The van der Waals surface area contributed by atoms with Crippen LogP contribution in [-0.2, 0) is 0 Å². The lowest BCUT2D eigenvalue weighted by Crippen LogP contribution is -2.26. The molecule has 2 aliphatic heterocycles. The lowest BCUT2D eigenvalue weighted by Gasteiger charge is -2.16. The van der Waals surface area contributed by atoms with Gasteiger partial charge in [-0.1, -0.05) is 11.8 Å². The number of carbonyl (C=O) groups is 1. The summed E-state index contributed by atoms with van der Waals surface area (Å²) in [5.41, 5.74) is 3.28. The second kappa shape index (κ2) is 6.80. The van der Waals surface area contributed by atoms with Crippen LogP contribution in [0, 0.1) is 5.82 Å². The van der Waals surface area contributed by atoms with Crippen LogP contribution in [0.25, 0.3) is 5.70 Å². The number of benzene rings is 1. The number of carbonyl (C=O) groups excluding carboxylic acids is 1. The van der Waals surface area contributed by atoms with E-state index in [1.807, 2.05) is 13.0 Å². The SMILES string of the molecule is CC1=CN2C(/C=C/C(=O)c3ccncc3)=C(c3ccc(F)cc3)NC2S1. The first kappa shape index (κ1) is 16.6. The van der Waals surface area contributed by atoms with Crippen molar-refractivity contribution in [3.8, 4) is 0 Å². The number of fused-ring (bicyclic) bond motifs is 1. The molecule has 1 unspecified atom stereocenters. The Morgan fingerprint density at radius 1 is 1.23 bits per heavy atom. The van der Waals surface area contributed by atoms with Crippen molar-refractivity contribution in [2.45, 2.75) is 12.4 Å². The van der Waals surface area contributed by atoms with Crippen molar-refractivity contribution in [3.05, 3.63) is 94.7 Å². The quantitative estimate of drug-likeness (QED) is 0.652. The number of hydrogen-bond acceptors (Lipinski definition) is 5. The van der Waals surface area contributed by atoms with Gasteiger partial charge in [-0.05, 0) is 55.5 Å². The predicted octanol–water partition coefficient (Wildman–Crippen LogP) is 4.13. The first-order valence-corrected chi connectivity index (χ1v) is 9.02. The van der Waals surface area contributed by atoms with Crippen LogP contribution in [0.1, 0.15) is 22.8 Å². The van der Waals surface area contributed by atoms with E-state index in [-0.39, 0.29) is 17.1 Å². The number of rotatable bonds is 4. The zero-order chi connectivity index (χ0) is 18.1. The molecule has 1 N–H and O–H groups in total. The summed E-state index contributed by atoms with van der Waals surface area (Å²) in [4.78, 5) is 19.6. The van der Waals surface area contributed by atoms with Gasteiger partial charge in [0.25, 0.3) is 0 Å². The molecule has 6 heteroatoms. The van der Waals surface area contributed by atoms with E-state index in [9.17, 15) is 9.18 Å². The first-order valence-electron chi connectivity index (χ1n) is 8.14. The molecule has 0 aliphatic carbocycles. The third kappa shape index (κ3) is 3.15. The summed E-state index contributed by atoms with van der Waals surface area (Å²) in [6.45, 7) is 2.05. The highest BCUT2D eigenvalue weighted by molar-refractivity contribution is 8.03. The summed E-state index contributed by atoms with van der Waals surface area (Å²) in [5, 5.41) is 3.45. The number of thioether (sulfide) groups is 1. The Balaban J connectivity index is 1.70. The zero-order valence-corrected chi connectivity index (χ0v) is 14.8. The Morgan fingerprint density at radius 3 is 2.69 bits per heavy atom. The molecule has 0 radical (unpaired) electrons. The molecule has 0 fully saturated rings. The van der Waals surface area contributed by atoms with Crippen LogP contribution in [0.3, 0.4) is 0 Å². The maximum atomic E-state index is 13.3. The van der Waals surface area contributed by atoms with Crippen molar-refractivity contribution in [1.82, 2.24) is 15.2 Å². The fraction of sp³-hybridized carbons (Fsp3) is 0.100. The number of allylic oxidation sites excluding steroid dienone is 3. The molecule has 0 amide bonds. The topological polar surface area (TPSA) is 45.2 Å². The molecule has 4 nitrogen and oxygen atoms in total. The Morgan fingerprint density at radius 2 is 1.96 bits per heavy atom. The Bertz CT molecular complexity index is 935. The van der Waals surface area contributed by atoms with Gasteiger partial charge in [0.15, 0.2) is 11.3 Å². The highest BCUT2D eigenvalue weighted by Gasteiger charge is 2.34. The second-order valence-corrected chi connectivity index (χ2v) is 7.29. The van der Waals surface area contributed by atoms with Gasteiger partial charge in [0.05, 0.1) is 11.4 Å². The van der Waals surface area contributed by atoms with Crippen molar-refractivity contribution < 1.29 is 9.18 Å². The summed E-state index contributed by atoms with van der Waals surface area (Å²) in [6.07, 6.45) is 8.62. The molecule has 1 aromatic heterocycles. The van der Waals surface area contributed by atoms with Crippen LogP contribution in [0.2, 0.25) is 0 Å². The van der Waals surface area contributed by atoms with Gasteiger partial charge in [-0.2, -0.15) is 0 Å². The van der Waals surface area contributed by atoms with Crippen molar-refractivity contribution in [3.63, 3.8) is 0 Å². The lowest BCUT2D eigenvalue weighted by molar-refractivity contribution is 0.104. The summed E-state index contributed by atoms with van der Waals surface area (Å²) in [6, 6.07) is 9.72. The average molecular weight is 365 g/mol. The molecule has 0 bridgehead atoms. The lowest BCUT2D eigenvalue weighted by atomic mass is 10.1. The number of nitrogens with one attached hydrogen (secondary N) is 1. The Labute approximate surface area is 155 Å². The van der Waals surface area contributed by atoms with Crippen LogP contribution < -0.4 is 5.32 Å². The maximum Gasteiger partial charge on any atom is 0.186 e. The van der Waals surface area contributed by atoms with Gasteiger partial charge in [0.1, 0.15) is 5.82 Å². The smallest absolute Gasteiger partial charge is 0.186 e. The molecule has 0 saturated heterocycles. The van der Waals surface area contributed by atoms with Crippen molar-refractivity contribution >= 4 is 23.2 Å². The predicted molar refractivity (Wildman–Crippen MR) is 101 cm³/mol. The Hall–Kier alpha value is -2.86. The monoisotopic (exact) mass is 365 g/mol. The Kier molecular flexibility index (Phi) is 4.34. The van der Waals surface area contributed by atoms with E-state index in [0.29, 0.717) is 5.56 Å². The summed E-state index contributed by atoms with van der Waals surface area (Å²) in [7, 11) is 0. The van der Waals surface area contributed by atoms with Gasteiger partial charge in [-0.15, -0.1) is 0 Å². The van der Waals surface area contributed by atoms with Crippen LogP contribution in [0.4, 0.5) is 4.39 Å². The summed E-state index contributed by atoms with van der Waals surface area (Å²) >= 11 is 1.71. The van der Waals surface area contributed by atoms with Crippen LogP contribution in [0.15, 0.2) is 77.7 Å². The zero-order valence-electron chi connectivity index (χ0n) is 14.0. The van der Waals surface area contributed by atoms with E-state index < -0.39 is 0 Å². The van der Waals surface area contributed by atoms with E-state index in [0.717, 1.165) is 17.0 Å². The number of aromatic nitrogens is 1. The first-order chi connectivity index (χ1) is 12.6. The van der Waals surface area contributed by atoms with Gasteiger partial charge in [0.2, 0.25) is 0 Å². The minimum absolute atomic E-state index is 0.0470. The molecule has 2 aliphatic rings. The molecule has 26 heavy (non-hydrogen) atoms. The number of halogens is 1. The van der Waals surface area contributed by atoms with Gasteiger partial charge in [-0.25, -0.2) is 4.39 Å². The largest absolute Gasteiger partial charge is 0.354 e. The fourth-order valence-corrected chi connectivity index (χ4v) is 3.92. The molecular weight excluding hydrogens is 349 g/mol. The van der Waals surface area contributed by atoms with Crippen molar-refractivity contribution in [2.24, 2.45) is 0 Å². The summed E-state index contributed by atoms with van der Waals surface area (Å²) in [5.74, 6) is -0.364. The van der Waals surface area contributed by atoms with Gasteiger partial charge < -0.3 is 10.2 Å². The number of nitrogens with zero attached hydrogens (tertiary/aromatic N) is 2. The number of ketones is 1. The molecule has 2 aromatic rings. The molecule has 1 atom stereocenters. The van der Waals surface area contributed by atoms with Crippen LogP contribution in [0.5, 0.6) is 0 Å². The highest BCUT2D eigenvalue weighted by Crippen LogP contribution is 2.41. The standard InChI is InChI=1S/C20H16FN3OS/c1-13-12-24-17(6-7-18(25)14-8-10-22-11-9-14)19(23-20(24)26-13)15-2-4-16(21)5-3-15/h2-12,20,23H,1H3/b7-6+. The third-order valence-electron chi connectivity index (χ3n) is 4.16. The molecular formula is C20H16FN3OS. The minimum Gasteiger partial charge on any atom is -0.354 e. The van der Waals surface area contributed by atoms with E-state index >= 15 is 0 Å². The fourth-order valence-electron chi connectivity index (χ4n) is 2.93. The molecule has 0 spiro atoms. The van der Waals surface area contributed by atoms with Crippen LogP contribution in [-0.4, -0.2) is 21.2 Å². The van der Waals surface area contributed by atoms with Gasteiger partial charge in [-0.3, -0.25) is 9.78 Å². The molecule has 130 valence electrons. The average Bonchev–Trinajstić information content (AvgIpc) is 3.17. The number of hydrogen-bond donors (Lipinski definition) is 1. The maximum absolute atomic E-state index is 13.3. The highest BCUT2D eigenvalue weighted by atomic mass is 32.2. The van der Waals surface area contributed by atoms with E-state index in [1.54, 1.807) is 54.5 Å². The van der Waals surface area contributed by atoms with Gasteiger partial charge >= 0.3 is 0 Å². The van der Waals surface area contributed by atoms with Gasteiger partial charge in [0, 0.05) is 34.6 Å². The molecule has 1 aromatic carbocycles. The van der Waals surface area contributed by atoms with E-state index in [1.165, 1.54) is 17.0 Å². The normalized spacial score (nSPS) is 18.9. The third-order valence-corrected chi connectivity index (χ3v) is 5.21.